The van der Waals surface area contributed by atoms with Crippen molar-refractivity contribution in [1.82, 2.24) is 0 Å². The van der Waals surface area contributed by atoms with Crippen LogP contribution in [-0.2, 0) is 0 Å². The predicted molar refractivity (Wildman–Crippen MR) is 131 cm³/mol. The molecule has 1 N–H and O–H groups in total. The summed E-state index contributed by atoms with van der Waals surface area (Å²) in [6.45, 7) is 20.6. The molecule has 4 fully saturated rings. The van der Waals surface area contributed by atoms with Gasteiger partial charge in [-0.05, 0) is 109 Å². The third kappa shape index (κ3) is 2.65. The van der Waals surface area contributed by atoms with E-state index in [1.807, 2.05) is 0 Å². The van der Waals surface area contributed by atoms with Gasteiger partial charge in [0.2, 0.25) is 0 Å². The molecule has 0 aromatic heterocycles. The Kier molecular flexibility index (Phi) is 4.82. The van der Waals surface area contributed by atoms with Gasteiger partial charge in [0.05, 0.1) is 6.10 Å². The molecule has 5 aliphatic rings. The zero-order chi connectivity index (χ0) is 22.6. The maximum absolute atomic E-state index is 10.8. The largest absolute Gasteiger partial charge is 0.392 e. The van der Waals surface area contributed by atoms with Crippen molar-refractivity contribution in [1.29, 1.82) is 0 Å². The van der Waals surface area contributed by atoms with E-state index >= 15 is 0 Å². The first-order chi connectivity index (χ1) is 14.3. The Bertz CT molecular complexity index is 779. The van der Waals surface area contributed by atoms with E-state index in [9.17, 15) is 5.11 Å². The van der Waals surface area contributed by atoms with E-state index in [1.165, 1.54) is 51.4 Å². The Morgan fingerprint density at radius 1 is 0.806 bits per heavy atom. The fourth-order valence-corrected chi connectivity index (χ4v) is 11.0. The minimum absolute atomic E-state index is 0.0446. The highest BCUT2D eigenvalue weighted by Crippen LogP contribution is 2.77. The van der Waals surface area contributed by atoms with Crippen LogP contribution in [0, 0.1) is 56.7 Å². The number of allylic oxidation sites excluding steroid dienone is 1. The van der Waals surface area contributed by atoms with Crippen LogP contribution in [0.3, 0.4) is 0 Å². The Hall–Kier alpha value is -0.300. The molecular formula is C30H50O. The van der Waals surface area contributed by atoms with Crippen LogP contribution in [-0.4, -0.2) is 11.2 Å². The highest BCUT2D eigenvalue weighted by atomic mass is 16.3. The summed E-state index contributed by atoms with van der Waals surface area (Å²) in [5.41, 5.74) is 3.44. The third-order valence-corrected chi connectivity index (χ3v) is 13.4. The number of rotatable bonds is 0. The van der Waals surface area contributed by atoms with Gasteiger partial charge >= 0.3 is 0 Å². The Labute approximate surface area is 192 Å². The van der Waals surface area contributed by atoms with Crippen LogP contribution in [0.1, 0.15) is 113 Å². The van der Waals surface area contributed by atoms with Gasteiger partial charge in [-0.25, -0.2) is 0 Å². The molecule has 0 aromatic carbocycles. The van der Waals surface area contributed by atoms with Gasteiger partial charge in [0.1, 0.15) is 0 Å². The SMILES string of the molecule is C[C@H]1[C@H](C)CC[C@]2(C)CC[C@]3(C)[C@@H]4CC=C5[C@@H](CC[C@H](O)C5(C)C)[C@]4(C)CC[C@@]3(C)[C@H]12. The van der Waals surface area contributed by atoms with Crippen molar-refractivity contribution in [2.75, 3.05) is 0 Å². The number of hydrogen-bond donors (Lipinski definition) is 1. The summed E-state index contributed by atoms with van der Waals surface area (Å²) >= 11 is 0. The van der Waals surface area contributed by atoms with E-state index in [2.05, 4.69) is 61.5 Å². The fourth-order valence-electron chi connectivity index (χ4n) is 11.0. The van der Waals surface area contributed by atoms with Crippen molar-refractivity contribution in [2.45, 2.75) is 119 Å². The van der Waals surface area contributed by atoms with Gasteiger partial charge in [-0.1, -0.05) is 67.0 Å². The quantitative estimate of drug-likeness (QED) is 0.389. The number of aliphatic hydroxyl groups is 1. The smallest absolute Gasteiger partial charge is 0.0628 e. The van der Waals surface area contributed by atoms with Crippen molar-refractivity contribution in [3.05, 3.63) is 11.6 Å². The molecule has 0 spiro atoms. The van der Waals surface area contributed by atoms with Crippen LogP contribution in [0.2, 0.25) is 0 Å². The molecule has 5 aliphatic carbocycles. The van der Waals surface area contributed by atoms with Crippen LogP contribution in [0.25, 0.3) is 0 Å². The molecule has 0 unspecified atom stereocenters. The molecule has 0 saturated heterocycles. The minimum atomic E-state index is -0.167. The Morgan fingerprint density at radius 3 is 2.19 bits per heavy atom. The van der Waals surface area contributed by atoms with E-state index in [0.717, 1.165) is 30.1 Å². The van der Waals surface area contributed by atoms with Crippen molar-refractivity contribution >= 4 is 0 Å². The second-order valence-corrected chi connectivity index (χ2v) is 14.7. The zero-order valence-electron chi connectivity index (χ0n) is 21.9. The van der Waals surface area contributed by atoms with Crippen molar-refractivity contribution in [2.24, 2.45) is 56.7 Å². The monoisotopic (exact) mass is 426 g/mol. The summed E-state index contributed by atoms with van der Waals surface area (Å²) in [7, 11) is 0. The first-order valence-corrected chi connectivity index (χ1v) is 13.7. The first-order valence-electron chi connectivity index (χ1n) is 13.7. The van der Waals surface area contributed by atoms with Crippen LogP contribution in [0.5, 0.6) is 0 Å². The number of fused-ring (bicyclic) bond motifs is 7. The molecule has 5 rings (SSSR count). The summed E-state index contributed by atoms with van der Waals surface area (Å²) in [5, 5.41) is 10.8. The van der Waals surface area contributed by atoms with Gasteiger partial charge in [0.15, 0.2) is 0 Å². The molecule has 0 bridgehead atoms. The molecule has 0 aliphatic heterocycles. The molecule has 0 heterocycles. The van der Waals surface area contributed by atoms with Gasteiger partial charge in [-0.3, -0.25) is 0 Å². The Morgan fingerprint density at radius 2 is 1.48 bits per heavy atom. The van der Waals surface area contributed by atoms with Gasteiger partial charge in [-0.2, -0.15) is 0 Å². The van der Waals surface area contributed by atoms with Crippen molar-refractivity contribution in [3.8, 4) is 0 Å². The molecular weight excluding hydrogens is 376 g/mol. The van der Waals surface area contributed by atoms with E-state index < -0.39 is 0 Å². The van der Waals surface area contributed by atoms with Gasteiger partial charge in [-0.15, -0.1) is 0 Å². The summed E-state index contributed by atoms with van der Waals surface area (Å²) in [4.78, 5) is 0. The van der Waals surface area contributed by atoms with Crippen LogP contribution >= 0.6 is 0 Å². The number of hydrogen-bond acceptors (Lipinski definition) is 1. The predicted octanol–water partition coefficient (Wildman–Crippen LogP) is 8.02. The summed E-state index contributed by atoms with van der Waals surface area (Å²) < 4.78 is 0. The second-order valence-electron chi connectivity index (χ2n) is 14.7. The fraction of sp³-hybridized carbons (Fsp3) is 0.933. The molecule has 31 heavy (non-hydrogen) atoms. The average Bonchev–Trinajstić information content (AvgIpc) is 2.70. The van der Waals surface area contributed by atoms with Crippen LogP contribution < -0.4 is 0 Å². The molecule has 1 nitrogen and oxygen atoms in total. The van der Waals surface area contributed by atoms with Crippen LogP contribution in [0.15, 0.2) is 11.6 Å². The molecule has 10 atom stereocenters. The van der Waals surface area contributed by atoms with E-state index in [0.29, 0.717) is 27.6 Å². The van der Waals surface area contributed by atoms with Crippen molar-refractivity contribution in [3.63, 3.8) is 0 Å². The molecule has 4 saturated carbocycles. The third-order valence-electron chi connectivity index (χ3n) is 13.4. The van der Waals surface area contributed by atoms with Crippen molar-refractivity contribution < 1.29 is 5.11 Å². The lowest BCUT2D eigenvalue weighted by Gasteiger charge is -2.73. The van der Waals surface area contributed by atoms with Crippen LogP contribution in [0.4, 0.5) is 0 Å². The lowest BCUT2D eigenvalue weighted by Crippen LogP contribution is -2.66. The standard InChI is InChI=1S/C30H50O/c1-19-13-14-27(5)15-17-29(7)23-11-9-21-22(10-12-24(31)26(21,3)4)28(23,6)16-18-30(29,8)25(27)20(19)2/h9,19-20,22-25,31H,10-18H2,1-8H3/t19-,20+,22-,23-,24+,25-,27-,28+,29-,30+/m1/s1. The lowest BCUT2D eigenvalue weighted by molar-refractivity contribution is -0.238. The summed E-state index contributed by atoms with van der Waals surface area (Å²) in [6, 6.07) is 0. The maximum Gasteiger partial charge on any atom is 0.0628 e. The van der Waals surface area contributed by atoms with E-state index in [4.69, 9.17) is 0 Å². The maximum atomic E-state index is 10.8. The Balaban J connectivity index is 1.58. The molecule has 176 valence electrons. The van der Waals surface area contributed by atoms with Gasteiger partial charge in [0, 0.05) is 5.41 Å². The average molecular weight is 427 g/mol. The normalized spacial score (nSPS) is 58.3. The lowest BCUT2D eigenvalue weighted by atomic mass is 9.31. The summed E-state index contributed by atoms with van der Waals surface area (Å²) in [5.74, 6) is 4.09. The highest BCUT2D eigenvalue weighted by Gasteiger charge is 2.69. The zero-order valence-corrected chi connectivity index (χ0v) is 21.9. The molecule has 0 aromatic rings. The topological polar surface area (TPSA) is 20.2 Å². The van der Waals surface area contributed by atoms with E-state index in [1.54, 1.807) is 5.57 Å². The molecule has 1 heteroatoms. The van der Waals surface area contributed by atoms with Gasteiger partial charge in [0.25, 0.3) is 0 Å². The number of aliphatic hydroxyl groups excluding tert-OH is 1. The minimum Gasteiger partial charge on any atom is -0.392 e. The first kappa shape index (κ1) is 22.5. The highest BCUT2D eigenvalue weighted by molar-refractivity contribution is 5.30. The second kappa shape index (κ2) is 6.64. The van der Waals surface area contributed by atoms with Gasteiger partial charge < -0.3 is 5.11 Å². The molecule has 0 amide bonds. The summed E-state index contributed by atoms with van der Waals surface area (Å²) in [6.07, 6.45) is 14.5. The van der Waals surface area contributed by atoms with E-state index in [-0.39, 0.29) is 11.5 Å². The molecule has 0 radical (unpaired) electrons.